The summed E-state index contributed by atoms with van der Waals surface area (Å²) in [5, 5.41) is 13.4. The van der Waals surface area contributed by atoms with Crippen LogP contribution in [0.15, 0.2) is 65.6 Å². The molecule has 0 spiro atoms. The number of ether oxygens (including phenoxy) is 4. The summed E-state index contributed by atoms with van der Waals surface area (Å²) in [6.45, 7) is 1.69. The molecule has 210 valence electrons. The zero-order valence-electron chi connectivity index (χ0n) is 21.7. The van der Waals surface area contributed by atoms with Crippen molar-refractivity contribution < 1.29 is 38.3 Å². The van der Waals surface area contributed by atoms with E-state index in [1.165, 1.54) is 12.1 Å². The maximum Gasteiger partial charge on any atom is 0.294 e. The molecular formula is C28H23N3O9S. The highest BCUT2D eigenvalue weighted by molar-refractivity contribution is 8.18. The standard InChI is InChI=1S/C28H23N3O9S/c1-2-37-23-11-17(7-9-21(23)38-15-18-5-3-4-6-20(18)31(35)36)12-25-27(33)30(28(34)41-25)14-26(32)29-19-8-10-22-24(13-19)40-16-39-22/h3-13H,2,14-16H2,1H3,(H,29,32)/b25-12+. The van der Waals surface area contributed by atoms with E-state index in [0.29, 0.717) is 46.4 Å². The third-order valence-electron chi connectivity index (χ3n) is 5.97. The van der Waals surface area contributed by atoms with E-state index in [1.54, 1.807) is 61.5 Å². The normalized spacial score (nSPS) is 14.9. The van der Waals surface area contributed by atoms with Crippen molar-refractivity contribution in [3.63, 3.8) is 0 Å². The van der Waals surface area contributed by atoms with Crippen LogP contribution in [0.2, 0.25) is 0 Å². The Morgan fingerprint density at radius 3 is 2.68 bits per heavy atom. The van der Waals surface area contributed by atoms with Gasteiger partial charge in [-0.25, -0.2) is 0 Å². The summed E-state index contributed by atoms with van der Waals surface area (Å²) in [4.78, 5) is 49.9. The SMILES string of the molecule is CCOc1cc(/C=C2/SC(=O)N(CC(=O)Nc3ccc4c(c3)OCO4)C2=O)ccc1OCc1ccccc1[N+](=O)[O-]. The summed E-state index contributed by atoms with van der Waals surface area (Å²) >= 11 is 0.723. The van der Waals surface area contributed by atoms with Crippen molar-refractivity contribution in [2.45, 2.75) is 13.5 Å². The van der Waals surface area contributed by atoms with Crippen LogP contribution in [-0.2, 0) is 16.2 Å². The van der Waals surface area contributed by atoms with Gasteiger partial charge in [0.2, 0.25) is 12.7 Å². The van der Waals surface area contributed by atoms with E-state index in [9.17, 15) is 24.5 Å². The molecule has 0 aliphatic carbocycles. The molecule has 2 aliphatic rings. The molecule has 2 aliphatic heterocycles. The number of rotatable bonds is 10. The van der Waals surface area contributed by atoms with Crippen LogP contribution in [-0.4, -0.2) is 46.8 Å². The predicted octanol–water partition coefficient (Wildman–Crippen LogP) is 4.98. The van der Waals surface area contributed by atoms with Gasteiger partial charge in [-0.05, 0) is 60.7 Å². The number of carbonyl (C=O) groups excluding carboxylic acids is 3. The molecule has 1 N–H and O–H groups in total. The van der Waals surface area contributed by atoms with Crippen LogP contribution >= 0.6 is 11.8 Å². The quantitative estimate of drug-likeness (QED) is 0.199. The van der Waals surface area contributed by atoms with Crippen molar-refractivity contribution in [2.75, 3.05) is 25.3 Å². The van der Waals surface area contributed by atoms with E-state index in [1.807, 2.05) is 0 Å². The number of nitro benzene ring substituents is 1. The fourth-order valence-electron chi connectivity index (χ4n) is 4.07. The lowest BCUT2D eigenvalue weighted by Gasteiger charge is -2.13. The molecule has 3 aromatic rings. The summed E-state index contributed by atoms with van der Waals surface area (Å²) in [7, 11) is 0. The number of nitro groups is 1. The summed E-state index contributed by atoms with van der Waals surface area (Å²) in [6, 6.07) is 16.1. The second-order valence-electron chi connectivity index (χ2n) is 8.70. The second kappa shape index (κ2) is 12.0. The van der Waals surface area contributed by atoms with Gasteiger partial charge in [0, 0.05) is 17.8 Å². The lowest BCUT2D eigenvalue weighted by molar-refractivity contribution is -0.385. The Balaban J connectivity index is 1.26. The molecule has 0 atom stereocenters. The molecule has 1 saturated heterocycles. The van der Waals surface area contributed by atoms with Crippen LogP contribution in [0.25, 0.3) is 6.08 Å². The van der Waals surface area contributed by atoms with Crippen molar-refractivity contribution in [3.05, 3.63) is 86.8 Å². The number of imide groups is 1. The maximum absolute atomic E-state index is 13.0. The lowest BCUT2D eigenvalue weighted by atomic mass is 10.1. The van der Waals surface area contributed by atoms with Gasteiger partial charge in [-0.1, -0.05) is 18.2 Å². The first-order valence-corrected chi connectivity index (χ1v) is 13.2. The van der Waals surface area contributed by atoms with Gasteiger partial charge in [0.25, 0.3) is 16.8 Å². The summed E-state index contributed by atoms with van der Waals surface area (Å²) < 4.78 is 22.0. The first-order valence-electron chi connectivity index (χ1n) is 12.4. The van der Waals surface area contributed by atoms with Crippen LogP contribution in [0, 0.1) is 10.1 Å². The Hall–Kier alpha value is -5.04. The minimum atomic E-state index is -0.601. The Labute approximate surface area is 238 Å². The number of thioether (sulfide) groups is 1. The highest BCUT2D eigenvalue weighted by Crippen LogP contribution is 2.36. The minimum Gasteiger partial charge on any atom is -0.490 e. The molecule has 0 unspecified atom stereocenters. The Kier molecular flexibility index (Phi) is 8.06. The number of para-hydroxylation sites is 1. The van der Waals surface area contributed by atoms with Gasteiger partial charge in [0.15, 0.2) is 23.0 Å². The van der Waals surface area contributed by atoms with Crippen molar-refractivity contribution >= 4 is 46.3 Å². The van der Waals surface area contributed by atoms with Gasteiger partial charge in [-0.2, -0.15) is 0 Å². The monoisotopic (exact) mass is 577 g/mol. The van der Waals surface area contributed by atoms with Gasteiger partial charge in [-0.3, -0.25) is 29.4 Å². The number of fused-ring (bicyclic) bond motifs is 1. The maximum atomic E-state index is 13.0. The smallest absolute Gasteiger partial charge is 0.294 e. The highest BCUT2D eigenvalue weighted by atomic mass is 32.2. The highest BCUT2D eigenvalue weighted by Gasteiger charge is 2.36. The van der Waals surface area contributed by atoms with Crippen molar-refractivity contribution in [3.8, 4) is 23.0 Å². The topological polar surface area (TPSA) is 147 Å². The van der Waals surface area contributed by atoms with E-state index >= 15 is 0 Å². The Morgan fingerprint density at radius 2 is 1.88 bits per heavy atom. The third kappa shape index (κ3) is 6.25. The van der Waals surface area contributed by atoms with Crippen LogP contribution < -0.4 is 24.3 Å². The molecule has 1 fully saturated rings. The number of hydrogen-bond acceptors (Lipinski definition) is 10. The molecule has 0 bridgehead atoms. The second-order valence-corrected chi connectivity index (χ2v) is 9.69. The molecule has 3 amide bonds. The molecule has 41 heavy (non-hydrogen) atoms. The summed E-state index contributed by atoms with van der Waals surface area (Å²) in [6.07, 6.45) is 1.52. The number of hydrogen-bond donors (Lipinski definition) is 1. The molecule has 3 aromatic carbocycles. The van der Waals surface area contributed by atoms with Crippen LogP contribution in [0.3, 0.4) is 0 Å². The van der Waals surface area contributed by atoms with E-state index in [-0.39, 0.29) is 24.0 Å². The molecule has 2 heterocycles. The van der Waals surface area contributed by atoms with Gasteiger partial charge in [0.05, 0.1) is 22.0 Å². The average molecular weight is 578 g/mol. The van der Waals surface area contributed by atoms with E-state index < -0.39 is 28.5 Å². The number of anilines is 1. The Bertz CT molecular complexity index is 1570. The average Bonchev–Trinajstić information content (AvgIpc) is 3.52. The molecule has 13 heteroatoms. The van der Waals surface area contributed by atoms with Crippen LogP contribution in [0.4, 0.5) is 16.2 Å². The fraction of sp³-hybridized carbons (Fsp3) is 0.179. The first kappa shape index (κ1) is 27.5. The molecule has 0 aromatic heterocycles. The number of amides is 3. The van der Waals surface area contributed by atoms with Crippen molar-refractivity contribution in [1.29, 1.82) is 0 Å². The predicted molar refractivity (Wildman–Crippen MR) is 149 cm³/mol. The summed E-state index contributed by atoms with van der Waals surface area (Å²) in [5.41, 5.74) is 1.35. The van der Waals surface area contributed by atoms with Gasteiger partial charge < -0.3 is 24.3 Å². The van der Waals surface area contributed by atoms with Gasteiger partial charge in [0.1, 0.15) is 13.2 Å². The summed E-state index contributed by atoms with van der Waals surface area (Å²) in [5.74, 6) is 0.617. The number of benzene rings is 3. The van der Waals surface area contributed by atoms with E-state index in [2.05, 4.69) is 5.32 Å². The van der Waals surface area contributed by atoms with E-state index in [4.69, 9.17) is 18.9 Å². The van der Waals surface area contributed by atoms with Gasteiger partial charge >= 0.3 is 0 Å². The largest absolute Gasteiger partial charge is 0.490 e. The number of carbonyl (C=O) groups is 3. The molecule has 0 radical (unpaired) electrons. The van der Waals surface area contributed by atoms with Crippen LogP contribution in [0.5, 0.6) is 23.0 Å². The molecule has 0 saturated carbocycles. The van der Waals surface area contributed by atoms with Crippen molar-refractivity contribution in [1.82, 2.24) is 4.90 Å². The minimum absolute atomic E-state index is 0.0518. The molecular weight excluding hydrogens is 554 g/mol. The first-order chi connectivity index (χ1) is 19.8. The Morgan fingerprint density at radius 1 is 1.07 bits per heavy atom. The van der Waals surface area contributed by atoms with Gasteiger partial charge in [-0.15, -0.1) is 0 Å². The number of nitrogens with zero attached hydrogens (tertiary/aromatic N) is 2. The zero-order chi connectivity index (χ0) is 28.9. The molecule has 5 rings (SSSR count). The number of nitrogens with one attached hydrogen (secondary N) is 1. The van der Waals surface area contributed by atoms with Crippen LogP contribution in [0.1, 0.15) is 18.1 Å². The van der Waals surface area contributed by atoms with Crippen molar-refractivity contribution in [2.24, 2.45) is 0 Å². The molecule has 12 nitrogen and oxygen atoms in total. The lowest BCUT2D eigenvalue weighted by Crippen LogP contribution is -2.36. The van der Waals surface area contributed by atoms with E-state index in [0.717, 1.165) is 16.7 Å². The fourth-order valence-corrected chi connectivity index (χ4v) is 4.91. The third-order valence-corrected chi connectivity index (χ3v) is 6.88. The zero-order valence-corrected chi connectivity index (χ0v) is 22.5.